The van der Waals surface area contributed by atoms with Crippen LogP contribution in [0.1, 0.15) is 59.9 Å². The van der Waals surface area contributed by atoms with Gasteiger partial charge in [-0.2, -0.15) is 0 Å². The molecule has 0 aromatic heterocycles. The van der Waals surface area contributed by atoms with Gasteiger partial charge in [0.15, 0.2) is 0 Å². The molecule has 2 fully saturated rings. The SMILES string of the molecule is CC.CC.CC.O=C(OCc1ccccc1)N1CCC(C2CO2)CC1. The molecular weight excluding hydrogens is 314 g/mol. The highest BCUT2D eigenvalue weighted by Crippen LogP contribution is 2.29. The Morgan fingerprint density at radius 1 is 1.04 bits per heavy atom. The second-order valence-corrected chi connectivity index (χ2v) is 5.24. The summed E-state index contributed by atoms with van der Waals surface area (Å²) in [6.07, 6.45) is 2.33. The first-order valence-electron chi connectivity index (χ1n) is 9.90. The number of ether oxygens (including phenoxy) is 2. The molecule has 4 heteroatoms. The molecule has 144 valence electrons. The van der Waals surface area contributed by atoms with E-state index in [1.54, 1.807) is 0 Å². The first-order chi connectivity index (χ1) is 12.3. The smallest absolute Gasteiger partial charge is 0.410 e. The van der Waals surface area contributed by atoms with Gasteiger partial charge < -0.3 is 14.4 Å². The summed E-state index contributed by atoms with van der Waals surface area (Å²) in [5.74, 6) is 0.637. The molecule has 3 rings (SSSR count). The average Bonchev–Trinajstić information content (AvgIpc) is 3.57. The first-order valence-corrected chi connectivity index (χ1v) is 9.90. The fraction of sp³-hybridized carbons (Fsp3) is 0.667. The molecular formula is C21H37NO3. The van der Waals surface area contributed by atoms with Crippen LogP contribution in [0.15, 0.2) is 30.3 Å². The number of hydrogen-bond acceptors (Lipinski definition) is 3. The summed E-state index contributed by atoms with van der Waals surface area (Å²) in [5.41, 5.74) is 1.03. The predicted octanol–water partition coefficient (Wildman–Crippen LogP) is 5.51. The number of hydrogen-bond donors (Lipinski definition) is 0. The maximum atomic E-state index is 11.9. The molecule has 4 nitrogen and oxygen atoms in total. The van der Waals surface area contributed by atoms with Crippen LogP contribution in [0.25, 0.3) is 0 Å². The maximum absolute atomic E-state index is 11.9. The Bertz CT molecular complexity index is 424. The van der Waals surface area contributed by atoms with Crippen LogP contribution in [0, 0.1) is 5.92 Å². The topological polar surface area (TPSA) is 42.1 Å². The lowest BCUT2D eigenvalue weighted by Gasteiger charge is -2.30. The second kappa shape index (κ2) is 14.8. The zero-order chi connectivity index (χ0) is 19.1. The van der Waals surface area contributed by atoms with E-state index in [0.29, 0.717) is 18.6 Å². The van der Waals surface area contributed by atoms with E-state index in [4.69, 9.17) is 9.47 Å². The van der Waals surface area contributed by atoms with Gasteiger partial charge in [0.1, 0.15) is 6.61 Å². The Balaban J connectivity index is 0.000000871. The number of benzene rings is 1. The zero-order valence-electron chi connectivity index (χ0n) is 17.0. The number of carbonyl (C=O) groups excluding carboxylic acids is 1. The highest BCUT2D eigenvalue weighted by Gasteiger charge is 2.35. The quantitative estimate of drug-likeness (QED) is 0.674. The van der Waals surface area contributed by atoms with Crippen molar-refractivity contribution in [3.05, 3.63) is 35.9 Å². The van der Waals surface area contributed by atoms with Crippen LogP contribution in [0.5, 0.6) is 0 Å². The monoisotopic (exact) mass is 351 g/mol. The summed E-state index contributed by atoms with van der Waals surface area (Å²) < 4.78 is 10.6. The van der Waals surface area contributed by atoms with Crippen LogP contribution >= 0.6 is 0 Å². The van der Waals surface area contributed by atoms with Gasteiger partial charge in [-0.1, -0.05) is 71.9 Å². The fourth-order valence-corrected chi connectivity index (χ4v) is 2.59. The van der Waals surface area contributed by atoms with Crippen molar-refractivity contribution in [2.45, 2.75) is 67.1 Å². The molecule has 1 aromatic carbocycles. The molecule has 0 N–H and O–H groups in total. The Labute approximate surface area is 154 Å². The van der Waals surface area contributed by atoms with Crippen LogP contribution < -0.4 is 0 Å². The third-order valence-corrected chi connectivity index (χ3v) is 3.89. The number of likely N-dealkylation sites (tertiary alicyclic amines) is 1. The molecule has 0 aliphatic carbocycles. The lowest BCUT2D eigenvalue weighted by atomic mass is 9.94. The van der Waals surface area contributed by atoms with E-state index in [1.807, 2.05) is 76.8 Å². The van der Waals surface area contributed by atoms with Gasteiger partial charge in [-0.05, 0) is 24.3 Å². The third kappa shape index (κ3) is 8.92. The van der Waals surface area contributed by atoms with Crippen molar-refractivity contribution in [2.24, 2.45) is 5.92 Å². The van der Waals surface area contributed by atoms with Gasteiger partial charge in [-0.25, -0.2) is 4.79 Å². The summed E-state index contributed by atoms with van der Waals surface area (Å²) in [4.78, 5) is 13.7. The second-order valence-electron chi connectivity index (χ2n) is 5.24. The molecule has 0 bridgehead atoms. The largest absolute Gasteiger partial charge is 0.445 e. The minimum absolute atomic E-state index is 0.195. The minimum atomic E-state index is -0.195. The van der Waals surface area contributed by atoms with Crippen molar-refractivity contribution in [2.75, 3.05) is 19.7 Å². The molecule has 0 spiro atoms. The molecule has 1 unspecified atom stereocenters. The Kier molecular flexibility index (Phi) is 13.8. The molecule has 25 heavy (non-hydrogen) atoms. The summed E-state index contributed by atoms with van der Waals surface area (Å²) >= 11 is 0. The van der Waals surface area contributed by atoms with Gasteiger partial charge in [0, 0.05) is 13.1 Å². The maximum Gasteiger partial charge on any atom is 0.410 e. The van der Waals surface area contributed by atoms with E-state index >= 15 is 0 Å². The summed E-state index contributed by atoms with van der Waals surface area (Å²) in [7, 11) is 0. The predicted molar refractivity (Wildman–Crippen MR) is 105 cm³/mol. The minimum Gasteiger partial charge on any atom is -0.445 e. The Morgan fingerprint density at radius 3 is 2.04 bits per heavy atom. The third-order valence-electron chi connectivity index (χ3n) is 3.89. The standard InChI is InChI=1S/C15H19NO3.3C2H6/c17-15(19-10-12-4-2-1-3-5-12)16-8-6-13(7-9-16)14-11-18-14;3*1-2/h1-5,13-14H,6-11H2;3*1-2H3. The van der Waals surface area contributed by atoms with E-state index in [-0.39, 0.29) is 6.09 Å². The number of carbonyl (C=O) groups is 1. The first kappa shape index (κ1) is 23.4. The molecule has 1 amide bonds. The van der Waals surface area contributed by atoms with Gasteiger partial charge in [0.2, 0.25) is 0 Å². The lowest BCUT2D eigenvalue weighted by molar-refractivity contribution is 0.0792. The van der Waals surface area contributed by atoms with Gasteiger partial charge in [0.05, 0.1) is 12.7 Å². The molecule has 0 radical (unpaired) electrons. The molecule has 2 aliphatic heterocycles. The van der Waals surface area contributed by atoms with E-state index in [0.717, 1.165) is 38.1 Å². The fourth-order valence-electron chi connectivity index (χ4n) is 2.59. The van der Waals surface area contributed by atoms with E-state index in [2.05, 4.69) is 0 Å². The number of piperidine rings is 1. The van der Waals surface area contributed by atoms with Crippen molar-refractivity contribution < 1.29 is 14.3 Å². The van der Waals surface area contributed by atoms with Crippen LogP contribution in [0.4, 0.5) is 4.79 Å². The summed E-state index contributed by atoms with van der Waals surface area (Å²) in [6, 6.07) is 9.78. The number of epoxide rings is 1. The van der Waals surface area contributed by atoms with Gasteiger partial charge in [-0.15, -0.1) is 0 Å². The molecule has 2 saturated heterocycles. The van der Waals surface area contributed by atoms with Crippen LogP contribution in [-0.4, -0.2) is 36.8 Å². The number of nitrogens with zero attached hydrogens (tertiary/aromatic N) is 1. The van der Waals surface area contributed by atoms with Crippen molar-refractivity contribution in [3.8, 4) is 0 Å². The van der Waals surface area contributed by atoms with Gasteiger partial charge >= 0.3 is 6.09 Å². The van der Waals surface area contributed by atoms with E-state index < -0.39 is 0 Å². The molecule has 1 aromatic rings. The summed E-state index contributed by atoms with van der Waals surface area (Å²) in [6.45, 7) is 14.8. The summed E-state index contributed by atoms with van der Waals surface area (Å²) in [5, 5.41) is 0. The Hall–Kier alpha value is -1.55. The van der Waals surface area contributed by atoms with Crippen molar-refractivity contribution in [1.29, 1.82) is 0 Å². The average molecular weight is 352 g/mol. The van der Waals surface area contributed by atoms with Crippen LogP contribution in [0.3, 0.4) is 0 Å². The highest BCUT2D eigenvalue weighted by atomic mass is 16.6. The van der Waals surface area contributed by atoms with Gasteiger partial charge in [0.25, 0.3) is 0 Å². The Morgan fingerprint density at radius 2 is 1.56 bits per heavy atom. The van der Waals surface area contributed by atoms with Crippen molar-refractivity contribution >= 4 is 6.09 Å². The van der Waals surface area contributed by atoms with Crippen molar-refractivity contribution in [1.82, 2.24) is 4.90 Å². The highest BCUT2D eigenvalue weighted by molar-refractivity contribution is 5.67. The van der Waals surface area contributed by atoms with Crippen molar-refractivity contribution in [3.63, 3.8) is 0 Å². The van der Waals surface area contributed by atoms with Gasteiger partial charge in [-0.3, -0.25) is 0 Å². The van der Waals surface area contributed by atoms with E-state index in [1.165, 1.54) is 0 Å². The molecule has 0 saturated carbocycles. The molecule has 1 atom stereocenters. The van der Waals surface area contributed by atoms with Crippen LogP contribution in [-0.2, 0) is 16.1 Å². The van der Waals surface area contributed by atoms with E-state index in [9.17, 15) is 4.79 Å². The number of rotatable bonds is 3. The normalized spacial score (nSPS) is 18.3. The zero-order valence-corrected chi connectivity index (χ0v) is 17.0. The molecule has 2 aliphatic rings. The number of amides is 1. The molecule has 2 heterocycles. The van der Waals surface area contributed by atoms with Crippen LogP contribution in [0.2, 0.25) is 0 Å². The lowest BCUT2D eigenvalue weighted by Crippen LogP contribution is -2.39.